The van der Waals surface area contributed by atoms with Crippen molar-refractivity contribution in [2.45, 2.75) is 18.6 Å². The molecule has 0 bridgehead atoms. The van der Waals surface area contributed by atoms with E-state index in [0.29, 0.717) is 11.1 Å². The van der Waals surface area contributed by atoms with E-state index in [1.165, 1.54) is 11.5 Å². The third-order valence-electron chi connectivity index (χ3n) is 3.02. The molecule has 0 saturated carbocycles. The quantitative estimate of drug-likeness (QED) is 0.847. The topological polar surface area (TPSA) is 50.9 Å². The maximum Gasteiger partial charge on any atom is 0.147 e. The van der Waals surface area contributed by atoms with Gasteiger partial charge >= 0.3 is 0 Å². The Bertz CT molecular complexity index is 511. The molecule has 0 aliphatic carbocycles. The zero-order chi connectivity index (χ0) is 13.7. The molecule has 1 aromatic carbocycles. The van der Waals surface area contributed by atoms with Gasteiger partial charge in [-0.3, -0.25) is 0 Å². The molecule has 3 N–H and O–H groups in total. The Morgan fingerprint density at radius 2 is 2.11 bits per heavy atom. The molecule has 1 heterocycles. The average Bonchev–Trinajstić information content (AvgIpc) is 2.80. The molecule has 0 aliphatic heterocycles. The lowest BCUT2D eigenvalue weighted by Gasteiger charge is -2.10. The maximum atomic E-state index is 5.99. The number of anilines is 2. The number of nitrogens with one attached hydrogen (secondary N) is 1. The van der Waals surface area contributed by atoms with Crippen LogP contribution >= 0.6 is 23.3 Å². The van der Waals surface area contributed by atoms with Crippen LogP contribution in [0.5, 0.6) is 0 Å². The predicted molar refractivity (Wildman–Crippen MR) is 88.0 cm³/mol. The van der Waals surface area contributed by atoms with Gasteiger partial charge in [0.1, 0.15) is 10.8 Å². The molecule has 5 heteroatoms. The third-order valence-corrected chi connectivity index (χ3v) is 4.88. The monoisotopic (exact) mass is 293 g/mol. The first-order chi connectivity index (χ1) is 9.22. The Morgan fingerprint density at radius 1 is 1.37 bits per heavy atom. The summed E-state index contributed by atoms with van der Waals surface area (Å²) in [6.45, 7) is 3.19. The number of hydrogen-bond donors (Lipinski definition) is 2. The van der Waals surface area contributed by atoms with E-state index >= 15 is 0 Å². The first-order valence-electron chi connectivity index (χ1n) is 6.29. The van der Waals surface area contributed by atoms with Crippen LogP contribution in [0.3, 0.4) is 0 Å². The molecule has 2 aromatic rings. The minimum absolute atomic E-state index is 0.608. The molecule has 0 aliphatic rings. The number of nitrogen functional groups attached to an aromatic ring is 1. The van der Waals surface area contributed by atoms with Gasteiger partial charge in [0.25, 0.3) is 0 Å². The summed E-state index contributed by atoms with van der Waals surface area (Å²) in [4.78, 5) is 0. The summed E-state index contributed by atoms with van der Waals surface area (Å²) in [5, 5.41) is 5.19. The predicted octanol–water partition coefficient (Wildman–Crippen LogP) is 3.95. The van der Waals surface area contributed by atoms with Crippen LogP contribution in [0.2, 0.25) is 0 Å². The van der Waals surface area contributed by atoms with Crippen molar-refractivity contribution in [1.82, 2.24) is 4.37 Å². The number of nitrogens with two attached hydrogens (primary N) is 1. The van der Waals surface area contributed by atoms with Crippen LogP contribution in [0.25, 0.3) is 11.1 Å². The third kappa shape index (κ3) is 3.64. The highest BCUT2D eigenvalue weighted by Crippen LogP contribution is 2.36. The van der Waals surface area contributed by atoms with Gasteiger partial charge < -0.3 is 11.1 Å². The van der Waals surface area contributed by atoms with Gasteiger partial charge in [-0.15, -0.1) is 0 Å². The molecule has 102 valence electrons. The fourth-order valence-corrected chi connectivity index (χ4v) is 2.93. The molecule has 0 spiro atoms. The molecular formula is C14H19N3S2. The zero-order valence-corrected chi connectivity index (χ0v) is 12.9. The van der Waals surface area contributed by atoms with Gasteiger partial charge in [0.15, 0.2) is 0 Å². The number of nitrogens with zero attached hydrogens (tertiary/aromatic N) is 1. The molecule has 1 atom stereocenters. The van der Waals surface area contributed by atoms with Gasteiger partial charge in [-0.25, -0.2) is 0 Å². The van der Waals surface area contributed by atoms with E-state index in [1.54, 1.807) is 0 Å². The second-order valence-electron chi connectivity index (χ2n) is 4.40. The van der Waals surface area contributed by atoms with Crippen molar-refractivity contribution in [3.63, 3.8) is 0 Å². The molecule has 3 nitrogen and oxygen atoms in total. The molecule has 0 saturated heterocycles. The van der Waals surface area contributed by atoms with Crippen LogP contribution in [0, 0.1) is 0 Å². The lowest BCUT2D eigenvalue weighted by Crippen LogP contribution is -2.07. The highest BCUT2D eigenvalue weighted by atomic mass is 32.2. The average molecular weight is 293 g/mol. The normalized spacial score (nSPS) is 12.3. The van der Waals surface area contributed by atoms with Crippen molar-refractivity contribution < 1.29 is 0 Å². The van der Waals surface area contributed by atoms with Crippen LogP contribution in [-0.2, 0) is 0 Å². The van der Waals surface area contributed by atoms with E-state index in [1.807, 2.05) is 30.0 Å². The Morgan fingerprint density at radius 3 is 2.79 bits per heavy atom. The first kappa shape index (κ1) is 14.2. The molecule has 0 radical (unpaired) electrons. The van der Waals surface area contributed by atoms with E-state index in [9.17, 15) is 0 Å². The zero-order valence-electron chi connectivity index (χ0n) is 11.2. The van der Waals surface area contributed by atoms with Gasteiger partial charge in [0, 0.05) is 11.8 Å². The second-order valence-corrected chi connectivity index (χ2v) is 6.45. The lowest BCUT2D eigenvalue weighted by atomic mass is 10.1. The van der Waals surface area contributed by atoms with Crippen molar-refractivity contribution >= 4 is 34.1 Å². The van der Waals surface area contributed by atoms with Gasteiger partial charge in [-0.1, -0.05) is 37.3 Å². The van der Waals surface area contributed by atoms with Crippen molar-refractivity contribution in [2.24, 2.45) is 0 Å². The number of aromatic nitrogens is 1. The summed E-state index contributed by atoms with van der Waals surface area (Å²) in [5.74, 6) is 0.608. The van der Waals surface area contributed by atoms with Gasteiger partial charge in [0.2, 0.25) is 0 Å². The summed E-state index contributed by atoms with van der Waals surface area (Å²) >= 11 is 3.33. The summed E-state index contributed by atoms with van der Waals surface area (Å²) in [5.41, 5.74) is 8.14. The Kier molecular flexibility index (Phi) is 5.10. The summed E-state index contributed by atoms with van der Waals surface area (Å²) in [6.07, 6.45) is 3.28. The minimum Gasteiger partial charge on any atom is -0.382 e. The molecule has 1 aromatic heterocycles. The molecular weight excluding hydrogens is 274 g/mol. The first-order valence-corrected chi connectivity index (χ1v) is 8.35. The summed E-state index contributed by atoms with van der Waals surface area (Å²) in [6, 6.07) is 10.2. The lowest BCUT2D eigenvalue weighted by molar-refractivity contribution is 0.856. The second kappa shape index (κ2) is 6.82. The van der Waals surface area contributed by atoms with Crippen molar-refractivity contribution in [1.29, 1.82) is 0 Å². The number of benzene rings is 1. The van der Waals surface area contributed by atoms with Gasteiger partial charge in [-0.05, 0) is 29.8 Å². The number of hydrogen-bond acceptors (Lipinski definition) is 5. The van der Waals surface area contributed by atoms with Gasteiger partial charge in [-0.2, -0.15) is 16.1 Å². The highest BCUT2D eigenvalue weighted by molar-refractivity contribution is 7.99. The fourth-order valence-electron chi connectivity index (χ4n) is 1.81. The van der Waals surface area contributed by atoms with Crippen LogP contribution in [0.4, 0.5) is 10.8 Å². The molecule has 0 fully saturated rings. The smallest absolute Gasteiger partial charge is 0.147 e. The Balaban J connectivity index is 2.10. The van der Waals surface area contributed by atoms with Crippen LogP contribution in [0.15, 0.2) is 30.3 Å². The summed E-state index contributed by atoms with van der Waals surface area (Å²) in [7, 11) is 0. The van der Waals surface area contributed by atoms with Crippen LogP contribution in [-0.4, -0.2) is 22.4 Å². The number of thioether (sulfide) groups is 1. The van der Waals surface area contributed by atoms with E-state index < -0.39 is 0 Å². The minimum atomic E-state index is 0.608. The van der Waals surface area contributed by atoms with E-state index in [-0.39, 0.29) is 0 Å². The molecule has 1 unspecified atom stereocenters. The van der Waals surface area contributed by atoms with Crippen LogP contribution < -0.4 is 11.1 Å². The van der Waals surface area contributed by atoms with E-state index in [4.69, 9.17) is 5.73 Å². The van der Waals surface area contributed by atoms with Crippen molar-refractivity contribution in [3.8, 4) is 11.1 Å². The standard InChI is InChI=1S/C14H19N3S2/c1-10(18-2)8-9-16-14-12(13(15)17-19-14)11-6-4-3-5-7-11/h3-7,10,16H,8-9H2,1-2H3,(H2,15,17). The molecule has 19 heavy (non-hydrogen) atoms. The fraction of sp³-hybridized carbons (Fsp3) is 0.357. The Hall–Kier alpha value is -1.20. The van der Waals surface area contributed by atoms with Crippen molar-refractivity contribution in [3.05, 3.63) is 30.3 Å². The van der Waals surface area contributed by atoms with E-state index in [2.05, 4.69) is 35.0 Å². The van der Waals surface area contributed by atoms with Gasteiger partial charge in [0.05, 0.1) is 5.56 Å². The highest BCUT2D eigenvalue weighted by Gasteiger charge is 2.13. The maximum absolute atomic E-state index is 5.99. The Labute approximate surface area is 122 Å². The molecule has 2 rings (SSSR count). The van der Waals surface area contributed by atoms with Crippen molar-refractivity contribution in [2.75, 3.05) is 23.9 Å². The van der Waals surface area contributed by atoms with E-state index in [0.717, 1.165) is 29.1 Å². The summed E-state index contributed by atoms with van der Waals surface area (Å²) < 4.78 is 4.26. The van der Waals surface area contributed by atoms with Crippen LogP contribution in [0.1, 0.15) is 13.3 Å². The number of rotatable bonds is 6. The SMILES string of the molecule is CSC(C)CCNc1snc(N)c1-c1ccccc1. The largest absolute Gasteiger partial charge is 0.382 e. The molecule has 0 amide bonds.